The van der Waals surface area contributed by atoms with Crippen LogP contribution < -0.4 is 10.6 Å². The zero-order valence-corrected chi connectivity index (χ0v) is 13.9. The van der Waals surface area contributed by atoms with Crippen molar-refractivity contribution in [2.45, 2.75) is 27.2 Å². The van der Waals surface area contributed by atoms with Gasteiger partial charge in [0.1, 0.15) is 10.6 Å². The Hall–Kier alpha value is -1.40. The smallest absolute Gasteiger partial charge is 0.225 e. The zero-order chi connectivity index (χ0) is 15.4. The van der Waals surface area contributed by atoms with Gasteiger partial charge in [0.25, 0.3) is 0 Å². The SMILES string of the molecule is Cc1cc2c(NCCC(=O)NCC(C)C)nc(Cl)nc2s1. The molecule has 0 aliphatic heterocycles. The lowest BCUT2D eigenvalue weighted by Gasteiger charge is -2.09. The maximum atomic E-state index is 11.7. The first-order valence-corrected chi connectivity index (χ1v) is 8.09. The predicted molar refractivity (Wildman–Crippen MR) is 88.1 cm³/mol. The van der Waals surface area contributed by atoms with Gasteiger partial charge in [0.2, 0.25) is 11.2 Å². The Balaban J connectivity index is 1.96. The third kappa shape index (κ3) is 4.54. The van der Waals surface area contributed by atoms with Crippen LogP contribution in [0.4, 0.5) is 5.82 Å². The second-order valence-corrected chi connectivity index (χ2v) is 6.86. The number of nitrogens with zero attached hydrogens (tertiary/aromatic N) is 2. The molecule has 2 aromatic heterocycles. The molecule has 21 heavy (non-hydrogen) atoms. The van der Waals surface area contributed by atoms with Gasteiger partial charge in [0, 0.05) is 24.4 Å². The van der Waals surface area contributed by atoms with Crippen LogP contribution in [0.5, 0.6) is 0 Å². The Morgan fingerprint density at radius 2 is 2.19 bits per heavy atom. The number of aryl methyl sites for hydroxylation is 1. The number of anilines is 1. The standard InChI is InChI=1S/C14H19ClN4OS/c1-8(2)7-17-11(20)4-5-16-12-10-6-9(3)21-13(10)19-14(15)18-12/h6,8H,4-5,7H2,1-3H3,(H,17,20)(H,16,18,19). The average molecular weight is 327 g/mol. The van der Waals surface area contributed by atoms with E-state index < -0.39 is 0 Å². The number of carbonyl (C=O) groups excluding carboxylic acids is 1. The predicted octanol–water partition coefficient (Wildman–Crippen LogP) is 3.23. The number of aromatic nitrogens is 2. The van der Waals surface area contributed by atoms with Crippen molar-refractivity contribution >= 4 is 44.9 Å². The molecule has 1 amide bonds. The van der Waals surface area contributed by atoms with E-state index in [1.54, 1.807) is 11.3 Å². The highest BCUT2D eigenvalue weighted by Gasteiger charge is 2.10. The maximum absolute atomic E-state index is 11.7. The first kappa shape index (κ1) is 16.0. The number of nitrogens with one attached hydrogen (secondary N) is 2. The fraction of sp³-hybridized carbons (Fsp3) is 0.500. The van der Waals surface area contributed by atoms with E-state index in [4.69, 9.17) is 11.6 Å². The molecule has 0 aliphatic carbocycles. The van der Waals surface area contributed by atoms with Crippen LogP contribution in [0.3, 0.4) is 0 Å². The highest BCUT2D eigenvalue weighted by atomic mass is 35.5. The van der Waals surface area contributed by atoms with E-state index in [0.29, 0.717) is 31.2 Å². The molecule has 5 nitrogen and oxygen atoms in total. The van der Waals surface area contributed by atoms with Gasteiger partial charge in [0.15, 0.2) is 0 Å². The Bertz CT molecular complexity index is 641. The summed E-state index contributed by atoms with van der Waals surface area (Å²) in [7, 11) is 0. The van der Waals surface area contributed by atoms with Gasteiger partial charge in [-0.3, -0.25) is 4.79 Å². The summed E-state index contributed by atoms with van der Waals surface area (Å²) < 4.78 is 0. The molecule has 0 fully saturated rings. The van der Waals surface area contributed by atoms with Crippen LogP contribution in [0.2, 0.25) is 5.28 Å². The fourth-order valence-electron chi connectivity index (χ4n) is 1.85. The van der Waals surface area contributed by atoms with Crippen molar-refractivity contribution in [1.82, 2.24) is 15.3 Å². The topological polar surface area (TPSA) is 66.9 Å². The van der Waals surface area contributed by atoms with Crippen molar-refractivity contribution in [3.05, 3.63) is 16.2 Å². The van der Waals surface area contributed by atoms with Gasteiger partial charge in [-0.05, 0) is 30.5 Å². The average Bonchev–Trinajstić information content (AvgIpc) is 2.76. The summed E-state index contributed by atoms with van der Waals surface area (Å²) in [6, 6.07) is 2.03. The van der Waals surface area contributed by atoms with Crippen molar-refractivity contribution in [3.8, 4) is 0 Å². The van der Waals surface area contributed by atoms with Crippen LogP contribution in [0, 0.1) is 12.8 Å². The summed E-state index contributed by atoms with van der Waals surface area (Å²) in [5, 5.41) is 7.22. The number of hydrogen-bond acceptors (Lipinski definition) is 5. The second kappa shape index (κ2) is 7.04. The number of fused-ring (bicyclic) bond motifs is 1. The molecule has 0 aromatic carbocycles. The Morgan fingerprint density at radius 1 is 1.43 bits per heavy atom. The summed E-state index contributed by atoms with van der Waals surface area (Å²) in [5.41, 5.74) is 0. The molecule has 114 valence electrons. The molecule has 0 spiro atoms. The molecule has 2 rings (SSSR count). The van der Waals surface area contributed by atoms with Gasteiger partial charge >= 0.3 is 0 Å². The Morgan fingerprint density at radius 3 is 2.90 bits per heavy atom. The van der Waals surface area contributed by atoms with Crippen LogP contribution in [-0.4, -0.2) is 29.0 Å². The molecule has 0 saturated carbocycles. The molecule has 0 aliphatic rings. The lowest BCUT2D eigenvalue weighted by Crippen LogP contribution is -2.28. The lowest BCUT2D eigenvalue weighted by atomic mass is 10.2. The van der Waals surface area contributed by atoms with E-state index in [9.17, 15) is 4.79 Å². The van der Waals surface area contributed by atoms with Gasteiger partial charge in [-0.25, -0.2) is 9.97 Å². The molecule has 0 radical (unpaired) electrons. The molecule has 7 heteroatoms. The van der Waals surface area contributed by atoms with Crippen LogP contribution in [0.15, 0.2) is 6.07 Å². The van der Waals surface area contributed by atoms with Crippen LogP contribution in [-0.2, 0) is 4.79 Å². The van der Waals surface area contributed by atoms with E-state index in [-0.39, 0.29) is 11.2 Å². The van der Waals surface area contributed by atoms with E-state index in [1.165, 1.54) is 0 Å². The van der Waals surface area contributed by atoms with Crippen LogP contribution in [0.25, 0.3) is 10.2 Å². The minimum atomic E-state index is 0.0362. The second-order valence-electron chi connectivity index (χ2n) is 5.29. The van der Waals surface area contributed by atoms with E-state index in [1.807, 2.05) is 13.0 Å². The zero-order valence-electron chi connectivity index (χ0n) is 12.4. The first-order chi connectivity index (χ1) is 9.95. The molecule has 0 unspecified atom stereocenters. The van der Waals surface area contributed by atoms with Crippen LogP contribution in [0.1, 0.15) is 25.1 Å². The molecule has 2 heterocycles. The number of carbonyl (C=O) groups is 1. The summed E-state index contributed by atoms with van der Waals surface area (Å²) >= 11 is 7.50. The number of halogens is 1. The summed E-state index contributed by atoms with van der Waals surface area (Å²) in [6.07, 6.45) is 0.402. The van der Waals surface area contributed by atoms with Crippen molar-refractivity contribution in [2.24, 2.45) is 5.92 Å². The minimum Gasteiger partial charge on any atom is -0.369 e. The highest BCUT2D eigenvalue weighted by Crippen LogP contribution is 2.29. The van der Waals surface area contributed by atoms with E-state index in [0.717, 1.165) is 15.1 Å². The molecule has 2 aromatic rings. The highest BCUT2D eigenvalue weighted by molar-refractivity contribution is 7.18. The van der Waals surface area contributed by atoms with Gasteiger partial charge in [-0.15, -0.1) is 11.3 Å². The van der Waals surface area contributed by atoms with Gasteiger partial charge in [-0.1, -0.05) is 13.8 Å². The lowest BCUT2D eigenvalue weighted by molar-refractivity contribution is -0.120. The van der Waals surface area contributed by atoms with Crippen LogP contribution >= 0.6 is 22.9 Å². The van der Waals surface area contributed by atoms with Gasteiger partial charge < -0.3 is 10.6 Å². The maximum Gasteiger partial charge on any atom is 0.225 e. The fourth-order valence-corrected chi connectivity index (χ4v) is 2.95. The van der Waals surface area contributed by atoms with Gasteiger partial charge in [-0.2, -0.15) is 0 Å². The summed E-state index contributed by atoms with van der Waals surface area (Å²) in [4.78, 5) is 22.1. The number of amides is 1. The number of rotatable bonds is 6. The van der Waals surface area contributed by atoms with Crippen molar-refractivity contribution in [1.29, 1.82) is 0 Å². The Labute approximate surface area is 133 Å². The molecular weight excluding hydrogens is 308 g/mol. The molecular formula is C14H19ClN4OS. The monoisotopic (exact) mass is 326 g/mol. The van der Waals surface area contributed by atoms with Crippen molar-refractivity contribution in [3.63, 3.8) is 0 Å². The molecule has 0 bridgehead atoms. The summed E-state index contributed by atoms with van der Waals surface area (Å²) in [6.45, 7) is 7.37. The largest absolute Gasteiger partial charge is 0.369 e. The van der Waals surface area contributed by atoms with E-state index >= 15 is 0 Å². The molecule has 0 saturated heterocycles. The quantitative estimate of drug-likeness (QED) is 0.800. The normalized spacial score (nSPS) is 11.1. The first-order valence-electron chi connectivity index (χ1n) is 6.90. The third-order valence-electron chi connectivity index (χ3n) is 2.84. The molecule has 0 atom stereocenters. The number of thiophene rings is 1. The molecule has 2 N–H and O–H groups in total. The minimum absolute atomic E-state index is 0.0362. The van der Waals surface area contributed by atoms with Crippen molar-refractivity contribution < 1.29 is 4.79 Å². The van der Waals surface area contributed by atoms with Gasteiger partial charge in [0.05, 0.1) is 5.39 Å². The summed E-state index contributed by atoms with van der Waals surface area (Å²) in [5.74, 6) is 1.18. The van der Waals surface area contributed by atoms with E-state index in [2.05, 4.69) is 34.4 Å². The number of hydrogen-bond donors (Lipinski definition) is 2. The Kier molecular flexibility index (Phi) is 5.36. The van der Waals surface area contributed by atoms with Crippen molar-refractivity contribution in [2.75, 3.05) is 18.4 Å². The third-order valence-corrected chi connectivity index (χ3v) is 3.95.